The van der Waals surface area contributed by atoms with Crippen molar-refractivity contribution in [2.75, 3.05) is 26.2 Å². The van der Waals surface area contributed by atoms with Crippen molar-refractivity contribution in [3.63, 3.8) is 0 Å². The molecule has 0 unspecified atom stereocenters. The minimum atomic E-state index is -3.54. The summed E-state index contributed by atoms with van der Waals surface area (Å²) in [5, 5.41) is 12.0. The normalized spacial score (nSPS) is 17.1. The second-order valence-corrected chi connectivity index (χ2v) is 6.75. The van der Waals surface area contributed by atoms with Crippen LogP contribution in [0.5, 0.6) is 0 Å². The number of carbonyl (C=O) groups is 1. The van der Waals surface area contributed by atoms with Gasteiger partial charge in [0.1, 0.15) is 0 Å². The Kier molecular flexibility index (Phi) is 4.42. The Labute approximate surface area is 118 Å². The number of piperazine rings is 1. The Morgan fingerprint density at radius 3 is 2.60 bits per heavy atom. The van der Waals surface area contributed by atoms with E-state index in [1.165, 1.54) is 16.4 Å². The lowest BCUT2D eigenvalue weighted by Gasteiger charge is -2.26. The maximum Gasteiger partial charge on any atom is 0.307 e. The molecule has 0 spiro atoms. The Balaban J connectivity index is 2.33. The average molecular weight is 298 g/mol. The van der Waals surface area contributed by atoms with Gasteiger partial charge in [0, 0.05) is 26.2 Å². The molecule has 1 saturated heterocycles. The number of carboxylic acids is 1. The SMILES string of the molecule is Cc1ccc(S(=O)(=O)N2CCNCC2)cc1CC(=O)O. The van der Waals surface area contributed by atoms with Gasteiger partial charge in [-0.1, -0.05) is 6.07 Å². The fourth-order valence-corrected chi connectivity index (χ4v) is 3.69. The Morgan fingerprint density at radius 1 is 1.35 bits per heavy atom. The minimum absolute atomic E-state index is 0.168. The Hall–Kier alpha value is -1.44. The van der Waals surface area contributed by atoms with Crippen LogP contribution < -0.4 is 5.32 Å². The fourth-order valence-electron chi connectivity index (χ4n) is 2.20. The van der Waals surface area contributed by atoms with E-state index in [1.54, 1.807) is 13.0 Å². The molecule has 2 rings (SSSR count). The van der Waals surface area contributed by atoms with Crippen molar-refractivity contribution < 1.29 is 18.3 Å². The van der Waals surface area contributed by atoms with Crippen LogP contribution in [0.3, 0.4) is 0 Å². The average Bonchev–Trinajstić information content (AvgIpc) is 2.41. The van der Waals surface area contributed by atoms with Crippen LogP contribution in [0.4, 0.5) is 0 Å². The number of rotatable bonds is 4. The molecule has 7 heteroatoms. The predicted molar refractivity (Wildman–Crippen MR) is 74.1 cm³/mol. The molecule has 0 bridgehead atoms. The van der Waals surface area contributed by atoms with Gasteiger partial charge in [-0.3, -0.25) is 4.79 Å². The van der Waals surface area contributed by atoms with E-state index in [9.17, 15) is 13.2 Å². The molecular weight excluding hydrogens is 280 g/mol. The van der Waals surface area contributed by atoms with E-state index >= 15 is 0 Å². The lowest BCUT2D eigenvalue weighted by molar-refractivity contribution is -0.136. The maximum atomic E-state index is 12.5. The van der Waals surface area contributed by atoms with Crippen molar-refractivity contribution in [3.8, 4) is 0 Å². The molecule has 2 N–H and O–H groups in total. The number of aryl methyl sites for hydroxylation is 1. The van der Waals surface area contributed by atoms with Gasteiger partial charge in [0.05, 0.1) is 11.3 Å². The molecule has 110 valence electrons. The standard InChI is InChI=1S/C13H18N2O4S/c1-10-2-3-12(8-11(10)9-13(16)17)20(18,19)15-6-4-14-5-7-15/h2-3,8,14H,4-7,9H2,1H3,(H,16,17). The smallest absolute Gasteiger partial charge is 0.307 e. The third-order valence-corrected chi connectivity index (χ3v) is 5.27. The van der Waals surface area contributed by atoms with Gasteiger partial charge in [0.2, 0.25) is 10.0 Å². The van der Waals surface area contributed by atoms with Crippen molar-refractivity contribution in [2.24, 2.45) is 0 Å². The lowest BCUT2D eigenvalue weighted by Crippen LogP contribution is -2.46. The van der Waals surface area contributed by atoms with E-state index in [4.69, 9.17) is 5.11 Å². The van der Waals surface area contributed by atoms with Crippen molar-refractivity contribution >= 4 is 16.0 Å². The molecule has 1 fully saturated rings. The summed E-state index contributed by atoms with van der Waals surface area (Å²) in [6, 6.07) is 4.67. The van der Waals surface area contributed by atoms with Gasteiger partial charge < -0.3 is 10.4 Å². The number of hydrogen-bond acceptors (Lipinski definition) is 4. The largest absolute Gasteiger partial charge is 0.481 e. The van der Waals surface area contributed by atoms with E-state index in [-0.39, 0.29) is 11.3 Å². The van der Waals surface area contributed by atoms with E-state index in [2.05, 4.69) is 5.32 Å². The van der Waals surface area contributed by atoms with Crippen molar-refractivity contribution in [1.29, 1.82) is 0 Å². The zero-order chi connectivity index (χ0) is 14.8. The molecular formula is C13H18N2O4S. The summed E-state index contributed by atoms with van der Waals surface area (Å²) in [4.78, 5) is 11.0. The quantitative estimate of drug-likeness (QED) is 0.830. The third-order valence-electron chi connectivity index (χ3n) is 3.38. The molecule has 1 aromatic rings. The molecule has 6 nitrogen and oxygen atoms in total. The summed E-state index contributed by atoms with van der Waals surface area (Å²) in [6.07, 6.45) is -0.170. The topological polar surface area (TPSA) is 86.7 Å². The number of nitrogens with one attached hydrogen (secondary N) is 1. The van der Waals surface area contributed by atoms with Crippen LogP contribution in [0, 0.1) is 6.92 Å². The van der Waals surface area contributed by atoms with Gasteiger partial charge in [0.25, 0.3) is 0 Å². The van der Waals surface area contributed by atoms with Crippen LogP contribution in [0.1, 0.15) is 11.1 Å². The van der Waals surface area contributed by atoms with Gasteiger partial charge in [0.15, 0.2) is 0 Å². The van der Waals surface area contributed by atoms with Crippen LogP contribution in [0.2, 0.25) is 0 Å². The highest BCUT2D eigenvalue weighted by Crippen LogP contribution is 2.20. The molecule has 0 aliphatic carbocycles. The lowest BCUT2D eigenvalue weighted by atomic mass is 10.1. The van der Waals surface area contributed by atoms with E-state index in [0.29, 0.717) is 31.7 Å². The monoisotopic (exact) mass is 298 g/mol. The van der Waals surface area contributed by atoms with Crippen molar-refractivity contribution in [1.82, 2.24) is 9.62 Å². The molecule has 1 aliphatic heterocycles. The highest BCUT2D eigenvalue weighted by atomic mass is 32.2. The van der Waals surface area contributed by atoms with Crippen molar-refractivity contribution in [2.45, 2.75) is 18.2 Å². The first-order chi connectivity index (χ1) is 9.41. The number of aliphatic carboxylic acids is 1. The maximum absolute atomic E-state index is 12.5. The van der Waals surface area contributed by atoms with E-state index in [1.807, 2.05) is 0 Å². The highest BCUT2D eigenvalue weighted by Gasteiger charge is 2.26. The molecule has 1 aliphatic rings. The first-order valence-electron chi connectivity index (χ1n) is 6.43. The Morgan fingerprint density at radius 2 is 2.00 bits per heavy atom. The molecule has 0 aromatic heterocycles. The van der Waals surface area contributed by atoms with Crippen molar-refractivity contribution in [3.05, 3.63) is 29.3 Å². The summed E-state index contributed by atoms with van der Waals surface area (Å²) >= 11 is 0. The molecule has 0 atom stereocenters. The fraction of sp³-hybridized carbons (Fsp3) is 0.462. The molecule has 1 aromatic carbocycles. The number of hydrogen-bond donors (Lipinski definition) is 2. The summed E-state index contributed by atoms with van der Waals surface area (Å²) in [5.41, 5.74) is 1.32. The second kappa shape index (κ2) is 5.90. The molecule has 0 radical (unpaired) electrons. The zero-order valence-corrected chi connectivity index (χ0v) is 12.1. The van der Waals surface area contributed by atoms with Gasteiger partial charge in [-0.25, -0.2) is 8.42 Å². The number of carboxylic acid groups (broad SMARTS) is 1. The second-order valence-electron chi connectivity index (χ2n) is 4.81. The number of nitrogens with zero attached hydrogens (tertiary/aromatic N) is 1. The molecule has 0 saturated carbocycles. The van der Waals surface area contributed by atoms with Gasteiger partial charge >= 0.3 is 5.97 Å². The van der Waals surface area contributed by atoms with Crippen LogP contribution >= 0.6 is 0 Å². The first-order valence-corrected chi connectivity index (χ1v) is 7.87. The summed E-state index contributed by atoms with van der Waals surface area (Å²) in [5.74, 6) is -0.968. The third kappa shape index (κ3) is 3.17. The summed E-state index contributed by atoms with van der Waals surface area (Å²) < 4.78 is 26.4. The molecule has 0 amide bonds. The van der Waals surface area contributed by atoms with Crippen LogP contribution in [-0.2, 0) is 21.2 Å². The zero-order valence-electron chi connectivity index (χ0n) is 11.3. The number of sulfonamides is 1. The number of benzene rings is 1. The minimum Gasteiger partial charge on any atom is -0.481 e. The summed E-state index contributed by atoms with van der Waals surface area (Å²) in [6.45, 7) is 3.91. The van der Waals surface area contributed by atoms with Gasteiger partial charge in [-0.05, 0) is 30.2 Å². The van der Waals surface area contributed by atoms with E-state index in [0.717, 1.165) is 5.56 Å². The van der Waals surface area contributed by atoms with Crippen LogP contribution in [0.25, 0.3) is 0 Å². The van der Waals surface area contributed by atoms with Crippen LogP contribution in [-0.4, -0.2) is 50.0 Å². The predicted octanol–water partition coefficient (Wildman–Crippen LogP) is 0.216. The van der Waals surface area contributed by atoms with Gasteiger partial charge in [-0.2, -0.15) is 4.31 Å². The van der Waals surface area contributed by atoms with Gasteiger partial charge in [-0.15, -0.1) is 0 Å². The summed E-state index contributed by atoms with van der Waals surface area (Å²) in [7, 11) is -3.54. The van der Waals surface area contributed by atoms with Crippen LogP contribution in [0.15, 0.2) is 23.1 Å². The Bertz CT molecular complexity index is 607. The van der Waals surface area contributed by atoms with E-state index < -0.39 is 16.0 Å². The first kappa shape index (κ1) is 15.0. The molecule has 1 heterocycles. The molecule has 20 heavy (non-hydrogen) atoms. The highest BCUT2D eigenvalue weighted by molar-refractivity contribution is 7.89.